The van der Waals surface area contributed by atoms with Crippen LogP contribution in [0.2, 0.25) is 0 Å². The van der Waals surface area contributed by atoms with Gasteiger partial charge in [0, 0.05) is 5.56 Å². The molecule has 0 bridgehead atoms. The number of amides is 2. The molecule has 0 saturated heterocycles. The van der Waals surface area contributed by atoms with Gasteiger partial charge in [-0.2, -0.15) is 5.10 Å². The smallest absolute Gasteiger partial charge is 0.332 e. The molecule has 3 N–H and O–H groups in total. The molecule has 0 unspecified atom stereocenters. The molecule has 0 aliphatic rings. The summed E-state index contributed by atoms with van der Waals surface area (Å²) in [5, 5.41) is 3.86. The van der Waals surface area contributed by atoms with E-state index in [9.17, 15) is 4.79 Å². The van der Waals surface area contributed by atoms with E-state index >= 15 is 0 Å². The zero-order valence-corrected chi connectivity index (χ0v) is 9.57. The van der Waals surface area contributed by atoms with Crippen LogP contribution >= 0.6 is 0 Å². The lowest BCUT2D eigenvalue weighted by Crippen LogP contribution is -2.25. The van der Waals surface area contributed by atoms with E-state index in [0.717, 1.165) is 11.1 Å². The van der Waals surface area contributed by atoms with Crippen molar-refractivity contribution in [3.05, 3.63) is 29.3 Å². The minimum absolute atomic E-state index is 0.638. The first kappa shape index (κ1) is 12.0. The molecule has 1 rings (SSSR count). The van der Waals surface area contributed by atoms with Gasteiger partial charge in [-0.3, -0.25) is 0 Å². The predicted molar refractivity (Wildman–Crippen MR) is 62.7 cm³/mol. The summed E-state index contributed by atoms with van der Waals surface area (Å²) >= 11 is 0. The van der Waals surface area contributed by atoms with Gasteiger partial charge in [-0.25, -0.2) is 10.2 Å². The van der Waals surface area contributed by atoms with Gasteiger partial charge in [0.1, 0.15) is 5.75 Å². The summed E-state index contributed by atoms with van der Waals surface area (Å²) in [4.78, 5) is 10.5. The summed E-state index contributed by atoms with van der Waals surface area (Å²) in [7, 11) is 1.59. The summed E-state index contributed by atoms with van der Waals surface area (Å²) < 4.78 is 5.20. The summed E-state index contributed by atoms with van der Waals surface area (Å²) in [6, 6.07) is 5.04. The van der Waals surface area contributed by atoms with Gasteiger partial charge in [-0.15, -0.1) is 0 Å². The number of primary amides is 1. The highest BCUT2D eigenvalue weighted by Gasteiger charge is 2.06. The Kier molecular flexibility index (Phi) is 3.88. The normalized spacial score (nSPS) is 11.1. The van der Waals surface area contributed by atoms with E-state index in [1.54, 1.807) is 14.0 Å². The lowest BCUT2D eigenvalue weighted by Gasteiger charge is -2.08. The molecular weight excluding hydrogens is 206 g/mol. The number of ether oxygens (including phenoxy) is 1. The van der Waals surface area contributed by atoms with Gasteiger partial charge in [0.25, 0.3) is 0 Å². The van der Waals surface area contributed by atoms with Gasteiger partial charge in [0.05, 0.1) is 12.8 Å². The van der Waals surface area contributed by atoms with E-state index < -0.39 is 6.03 Å². The van der Waals surface area contributed by atoms with E-state index in [1.807, 2.05) is 25.1 Å². The van der Waals surface area contributed by atoms with Crippen LogP contribution in [0.5, 0.6) is 5.75 Å². The number of urea groups is 1. The fraction of sp³-hybridized carbons (Fsp3) is 0.273. The van der Waals surface area contributed by atoms with Crippen LogP contribution in [0.25, 0.3) is 0 Å². The minimum atomic E-state index is -0.689. The first-order valence-electron chi connectivity index (χ1n) is 4.79. The highest BCUT2D eigenvalue weighted by molar-refractivity contribution is 6.01. The molecule has 0 saturated carbocycles. The third-order valence-electron chi connectivity index (χ3n) is 2.08. The van der Waals surface area contributed by atoms with Crippen LogP contribution in [0, 0.1) is 6.92 Å². The average molecular weight is 221 g/mol. The molecule has 0 aliphatic heterocycles. The number of benzene rings is 1. The molecule has 0 radical (unpaired) electrons. The van der Waals surface area contributed by atoms with E-state index in [0.29, 0.717) is 11.5 Å². The lowest BCUT2D eigenvalue weighted by molar-refractivity contribution is 0.249. The Hall–Kier alpha value is -2.04. The molecule has 0 aliphatic carbocycles. The highest BCUT2D eigenvalue weighted by Crippen LogP contribution is 2.20. The van der Waals surface area contributed by atoms with Crippen LogP contribution < -0.4 is 15.9 Å². The number of nitrogens with zero attached hydrogens (tertiary/aromatic N) is 1. The van der Waals surface area contributed by atoms with Crippen molar-refractivity contribution < 1.29 is 9.53 Å². The molecular formula is C11H15N3O2. The van der Waals surface area contributed by atoms with E-state index in [1.165, 1.54) is 0 Å². The van der Waals surface area contributed by atoms with Crippen molar-refractivity contribution in [3.8, 4) is 5.75 Å². The second-order valence-corrected chi connectivity index (χ2v) is 3.38. The van der Waals surface area contributed by atoms with Crippen LogP contribution in [-0.2, 0) is 0 Å². The van der Waals surface area contributed by atoms with Gasteiger partial charge in [-0.05, 0) is 26.0 Å². The number of aryl methyl sites for hydroxylation is 1. The first-order chi connectivity index (χ1) is 7.54. The van der Waals surface area contributed by atoms with E-state index in [2.05, 4.69) is 10.5 Å². The molecule has 86 valence electrons. The molecule has 5 nitrogen and oxygen atoms in total. The highest BCUT2D eigenvalue weighted by atomic mass is 16.5. The number of carbonyl (C=O) groups is 1. The SMILES string of the molecule is COc1ccc(C)cc1/C(C)=N/NC(N)=O. The zero-order valence-electron chi connectivity index (χ0n) is 9.57. The number of hydrogen-bond donors (Lipinski definition) is 2. The number of hydrazone groups is 1. The molecule has 0 atom stereocenters. The maximum atomic E-state index is 10.5. The quantitative estimate of drug-likeness (QED) is 0.597. The molecule has 0 spiro atoms. The summed E-state index contributed by atoms with van der Waals surface area (Å²) in [6.07, 6.45) is 0. The number of rotatable bonds is 3. The Morgan fingerprint density at radius 3 is 2.75 bits per heavy atom. The number of methoxy groups -OCH3 is 1. The van der Waals surface area contributed by atoms with Crippen molar-refractivity contribution in [3.63, 3.8) is 0 Å². The molecule has 0 aromatic heterocycles. The molecule has 1 aromatic rings. The van der Waals surface area contributed by atoms with Crippen LogP contribution in [0.15, 0.2) is 23.3 Å². The molecule has 1 aromatic carbocycles. The van der Waals surface area contributed by atoms with Crippen molar-refractivity contribution in [2.45, 2.75) is 13.8 Å². The average Bonchev–Trinajstić information content (AvgIpc) is 2.25. The summed E-state index contributed by atoms with van der Waals surface area (Å²) in [5.74, 6) is 0.707. The minimum Gasteiger partial charge on any atom is -0.496 e. The van der Waals surface area contributed by atoms with Crippen molar-refractivity contribution >= 4 is 11.7 Å². The second kappa shape index (κ2) is 5.16. The number of nitrogens with two attached hydrogens (primary N) is 1. The van der Waals surface area contributed by atoms with Crippen LogP contribution in [-0.4, -0.2) is 18.9 Å². The molecule has 0 fully saturated rings. The van der Waals surface area contributed by atoms with Crippen molar-refractivity contribution in [1.29, 1.82) is 0 Å². The van der Waals surface area contributed by atoms with E-state index in [-0.39, 0.29) is 0 Å². The van der Waals surface area contributed by atoms with Crippen LogP contribution in [0.1, 0.15) is 18.1 Å². The Bertz CT molecular complexity index is 427. The van der Waals surface area contributed by atoms with Gasteiger partial charge in [0.15, 0.2) is 0 Å². The number of hydrogen-bond acceptors (Lipinski definition) is 3. The third kappa shape index (κ3) is 2.98. The topological polar surface area (TPSA) is 76.7 Å². The maximum absolute atomic E-state index is 10.5. The maximum Gasteiger partial charge on any atom is 0.332 e. The first-order valence-corrected chi connectivity index (χ1v) is 4.79. The number of nitrogens with one attached hydrogen (secondary N) is 1. The molecule has 2 amide bonds. The fourth-order valence-corrected chi connectivity index (χ4v) is 1.30. The largest absolute Gasteiger partial charge is 0.496 e. The lowest BCUT2D eigenvalue weighted by atomic mass is 10.1. The molecule has 5 heteroatoms. The third-order valence-corrected chi connectivity index (χ3v) is 2.08. The number of carbonyl (C=O) groups excluding carboxylic acids is 1. The zero-order chi connectivity index (χ0) is 12.1. The fourth-order valence-electron chi connectivity index (χ4n) is 1.30. The standard InChI is InChI=1S/C11H15N3O2/c1-7-4-5-10(16-3)9(6-7)8(2)13-14-11(12)15/h4-6H,1-3H3,(H3,12,14,15)/b13-8+. The predicted octanol–water partition coefficient (Wildman–Crippen LogP) is 1.40. The van der Waals surface area contributed by atoms with Gasteiger partial charge < -0.3 is 10.5 Å². The van der Waals surface area contributed by atoms with E-state index in [4.69, 9.17) is 10.5 Å². The van der Waals surface area contributed by atoms with Crippen LogP contribution in [0.4, 0.5) is 4.79 Å². The molecule has 16 heavy (non-hydrogen) atoms. The van der Waals surface area contributed by atoms with Gasteiger partial charge in [-0.1, -0.05) is 11.6 Å². The van der Waals surface area contributed by atoms with Gasteiger partial charge >= 0.3 is 6.03 Å². The Morgan fingerprint density at radius 2 is 2.19 bits per heavy atom. The Balaban J connectivity index is 3.05. The Labute approximate surface area is 94.3 Å². The van der Waals surface area contributed by atoms with Crippen molar-refractivity contribution in [1.82, 2.24) is 5.43 Å². The summed E-state index contributed by atoms with van der Waals surface area (Å²) in [6.45, 7) is 3.74. The van der Waals surface area contributed by atoms with Crippen LogP contribution in [0.3, 0.4) is 0 Å². The van der Waals surface area contributed by atoms with Crippen molar-refractivity contribution in [2.24, 2.45) is 10.8 Å². The monoisotopic (exact) mass is 221 g/mol. The summed E-state index contributed by atoms with van der Waals surface area (Å²) in [5.41, 5.74) is 9.67. The van der Waals surface area contributed by atoms with Gasteiger partial charge in [0.2, 0.25) is 0 Å². The molecule has 0 heterocycles. The Morgan fingerprint density at radius 1 is 1.50 bits per heavy atom. The van der Waals surface area contributed by atoms with Crippen molar-refractivity contribution in [2.75, 3.05) is 7.11 Å². The second-order valence-electron chi connectivity index (χ2n) is 3.38.